The SMILES string of the molecule is NC(c1ccc(OC(F)(F)F)c(Cl)c1)c1ccc(OC(F)(F)F)cn1. The summed E-state index contributed by atoms with van der Waals surface area (Å²) in [6, 6.07) is 4.64. The first-order valence-electron chi connectivity index (χ1n) is 6.47. The maximum atomic E-state index is 12.2. The molecule has 2 rings (SSSR count). The van der Waals surface area contributed by atoms with E-state index in [0.717, 1.165) is 24.4 Å². The van der Waals surface area contributed by atoms with Gasteiger partial charge in [-0.1, -0.05) is 17.7 Å². The van der Waals surface area contributed by atoms with Crippen LogP contribution in [0.15, 0.2) is 36.5 Å². The Bertz CT molecular complexity index is 734. The minimum Gasteiger partial charge on any atom is -0.404 e. The van der Waals surface area contributed by atoms with Gasteiger partial charge in [0.2, 0.25) is 0 Å². The standard InChI is InChI=1S/C14H9ClF6N2O2/c15-9-5-7(1-4-11(9)25-14(19,20)21)12(22)10-3-2-8(6-23-10)24-13(16,17)18/h1-6,12H,22H2. The second-order valence-electron chi connectivity index (χ2n) is 4.68. The summed E-state index contributed by atoms with van der Waals surface area (Å²) >= 11 is 5.72. The summed E-state index contributed by atoms with van der Waals surface area (Å²) in [6.07, 6.45) is -8.93. The summed E-state index contributed by atoms with van der Waals surface area (Å²) < 4.78 is 80.2. The Balaban J connectivity index is 2.17. The van der Waals surface area contributed by atoms with Gasteiger partial charge in [-0.25, -0.2) is 0 Å². The van der Waals surface area contributed by atoms with E-state index < -0.39 is 30.3 Å². The van der Waals surface area contributed by atoms with Crippen LogP contribution in [-0.4, -0.2) is 17.7 Å². The number of halogens is 7. The van der Waals surface area contributed by atoms with E-state index in [1.165, 1.54) is 12.1 Å². The van der Waals surface area contributed by atoms with E-state index >= 15 is 0 Å². The number of hydrogen-bond donors (Lipinski definition) is 1. The van der Waals surface area contributed by atoms with Gasteiger partial charge in [0.05, 0.1) is 23.0 Å². The largest absolute Gasteiger partial charge is 0.573 e. The van der Waals surface area contributed by atoms with Crippen LogP contribution in [0.5, 0.6) is 11.5 Å². The van der Waals surface area contributed by atoms with E-state index in [-0.39, 0.29) is 16.3 Å². The van der Waals surface area contributed by atoms with Crippen molar-refractivity contribution in [2.45, 2.75) is 18.8 Å². The van der Waals surface area contributed by atoms with Crippen LogP contribution in [0.4, 0.5) is 26.3 Å². The molecular formula is C14H9ClF6N2O2. The van der Waals surface area contributed by atoms with E-state index in [2.05, 4.69) is 14.5 Å². The highest BCUT2D eigenvalue weighted by Gasteiger charge is 2.32. The van der Waals surface area contributed by atoms with Gasteiger partial charge in [-0.3, -0.25) is 4.98 Å². The molecule has 1 heterocycles. The van der Waals surface area contributed by atoms with Gasteiger partial charge in [0, 0.05) is 0 Å². The van der Waals surface area contributed by atoms with E-state index in [1.54, 1.807) is 0 Å². The molecule has 0 saturated heterocycles. The van der Waals surface area contributed by atoms with Crippen molar-refractivity contribution in [3.05, 3.63) is 52.8 Å². The molecule has 4 nitrogen and oxygen atoms in total. The van der Waals surface area contributed by atoms with Gasteiger partial charge in [-0.2, -0.15) is 0 Å². The molecule has 0 aliphatic carbocycles. The van der Waals surface area contributed by atoms with Crippen LogP contribution in [0.3, 0.4) is 0 Å². The molecule has 0 bridgehead atoms. The third kappa shape index (κ3) is 5.68. The highest BCUT2D eigenvalue weighted by molar-refractivity contribution is 6.32. The minimum atomic E-state index is -4.90. The zero-order chi connectivity index (χ0) is 18.8. The van der Waals surface area contributed by atoms with E-state index in [9.17, 15) is 26.3 Å². The van der Waals surface area contributed by atoms with Gasteiger partial charge < -0.3 is 15.2 Å². The lowest BCUT2D eigenvalue weighted by Crippen LogP contribution is -2.18. The fourth-order valence-corrected chi connectivity index (χ4v) is 2.09. The first kappa shape index (κ1) is 19.1. The zero-order valence-electron chi connectivity index (χ0n) is 12.0. The van der Waals surface area contributed by atoms with Gasteiger partial charge in [0.1, 0.15) is 11.5 Å². The van der Waals surface area contributed by atoms with Gasteiger partial charge in [0.25, 0.3) is 0 Å². The summed E-state index contributed by atoms with van der Waals surface area (Å²) in [5, 5.41) is -0.331. The maximum Gasteiger partial charge on any atom is 0.573 e. The minimum absolute atomic E-state index is 0.162. The Morgan fingerprint density at radius 3 is 2.08 bits per heavy atom. The fourth-order valence-electron chi connectivity index (χ4n) is 1.86. The summed E-state index contributed by atoms with van der Waals surface area (Å²) in [4.78, 5) is 3.75. The van der Waals surface area contributed by atoms with Crippen LogP contribution in [0, 0.1) is 0 Å². The molecule has 0 spiro atoms. The van der Waals surface area contributed by atoms with Crippen molar-refractivity contribution in [1.82, 2.24) is 4.98 Å². The van der Waals surface area contributed by atoms with Crippen molar-refractivity contribution in [3.63, 3.8) is 0 Å². The Hall–Kier alpha value is -2.20. The molecule has 1 aromatic carbocycles. The van der Waals surface area contributed by atoms with Crippen LogP contribution in [0.2, 0.25) is 5.02 Å². The average molecular weight is 387 g/mol. The summed E-state index contributed by atoms with van der Waals surface area (Å²) in [6.45, 7) is 0. The molecule has 136 valence electrons. The van der Waals surface area contributed by atoms with Gasteiger partial charge >= 0.3 is 12.7 Å². The van der Waals surface area contributed by atoms with Crippen molar-refractivity contribution >= 4 is 11.6 Å². The third-order valence-electron chi connectivity index (χ3n) is 2.85. The molecule has 25 heavy (non-hydrogen) atoms. The molecule has 11 heteroatoms. The van der Waals surface area contributed by atoms with Gasteiger partial charge in [0.15, 0.2) is 0 Å². The number of benzene rings is 1. The number of nitrogens with two attached hydrogens (primary N) is 1. The van der Waals surface area contributed by atoms with E-state index in [0.29, 0.717) is 0 Å². The maximum absolute atomic E-state index is 12.2. The molecule has 0 fully saturated rings. The Morgan fingerprint density at radius 2 is 1.60 bits per heavy atom. The number of rotatable bonds is 4. The van der Waals surface area contributed by atoms with Gasteiger partial charge in [-0.05, 0) is 29.8 Å². The number of ether oxygens (including phenoxy) is 2. The van der Waals surface area contributed by atoms with Crippen molar-refractivity contribution in [2.75, 3.05) is 0 Å². The number of pyridine rings is 1. The normalized spacial score (nSPS) is 13.4. The fraction of sp³-hybridized carbons (Fsp3) is 0.214. The third-order valence-corrected chi connectivity index (χ3v) is 3.15. The van der Waals surface area contributed by atoms with Gasteiger partial charge in [-0.15, -0.1) is 26.3 Å². The topological polar surface area (TPSA) is 57.4 Å². The van der Waals surface area contributed by atoms with Crippen molar-refractivity contribution in [1.29, 1.82) is 0 Å². The molecule has 2 N–H and O–H groups in total. The Kier molecular flexibility index (Phi) is 5.33. The highest BCUT2D eigenvalue weighted by Crippen LogP contribution is 2.33. The average Bonchev–Trinajstić information content (AvgIpc) is 2.46. The second kappa shape index (κ2) is 6.96. The van der Waals surface area contributed by atoms with E-state index in [4.69, 9.17) is 17.3 Å². The molecule has 0 aliphatic heterocycles. The Morgan fingerprint density at radius 1 is 0.960 bits per heavy atom. The van der Waals surface area contributed by atoms with Crippen molar-refractivity contribution < 1.29 is 35.8 Å². The predicted molar refractivity (Wildman–Crippen MR) is 75.1 cm³/mol. The molecular weight excluding hydrogens is 378 g/mol. The summed E-state index contributed by atoms with van der Waals surface area (Å²) in [5.74, 6) is -1.14. The smallest absolute Gasteiger partial charge is 0.404 e. The van der Waals surface area contributed by atoms with Crippen molar-refractivity contribution in [3.8, 4) is 11.5 Å². The molecule has 1 aromatic heterocycles. The quantitative estimate of drug-likeness (QED) is 0.781. The number of hydrogen-bond acceptors (Lipinski definition) is 4. The summed E-state index contributed by atoms with van der Waals surface area (Å²) in [5.41, 5.74) is 6.34. The molecule has 1 unspecified atom stereocenters. The number of aromatic nitrogens is 1. The van der Waals surface area contributed by atoms with Crippen molar-refractivity contribution in [2.24, 2.45) is 5.73 Å². The first-order valence-corrected chi connectivity index (χ1v) is 6.85. The monoisotopic (exact) mass is 386 g/mol. The molecule has 2 aromatic rings. The predicted octanol–water partition coefficient (Wildman–Crippen LogP) is 4.58. The lowest BCUT2D eigenvalue weighted by atomic mass is 10.0. The molecule has 0 saturated carbocycles. The second-order valence-corrected chi connectivity index (χ2v) is 5.09. The highest BCUT2D eigenvalue weighted by atomic mass is 35.5. The molecule has 0 aliphatic rings. The zero-order valence-corrected chi connectivity index (χ0v) is 12.8. The van der Waals surface area contributed by atoms with Crippen LogP contribution in [0.1, 0.15) is 17.3 Å². The summed E-state index contributed by atoms with van der Waals surface area (Å²) in [7, 11) is 0. The molecule has 0 amide bonds. The lowest BCUT2D eigenvalue weighted by Gasteiger charge is -2.15. The number of alkyl halides is 6. The molecule has 0 radical (unpaired) electrons. The van der Waals surface area contributed by atoms with E-state index in [1.807, 2.05) is 0 Å². The Labute approximate surface area is 142 Å². The lowest BCUT2D eigenvalue weighted by molar-refractivity contribution is -0.275. The number of nitrogens with zero attached hydrogens (tertiary/aromatic N) is 1. The van der Waals surface area contributed by atoms with Crippen LogP contribution < -0.4 is 15.2 Å². The first-order chi connectivity index (χ1) is 11.4. The molecule has 1 atom stereocenters. The van der Waals surface area contributed by atoms with Crippen LogP contribution >= 0.6 is 11.6 Å². The van der Waals surface area contributed by atoms with Crippen LogP contribution in [0.25, 0.3) is 0 Å². The van der Waals surface area contributed by atoms with Crippen LogP contribution in [-0.2, 0) is 0 Å².